The summed E-state index contributed by atoms with van der Waals surface area (Å²) in [6, 6.07) is 7.42. The fourth-order valence-corrected chi connectivity index (χ4v) is 1.45. The minimum Gasteiger partial charge on any atom is -0.479 e. The standard InChI is InChI=1S/C10H9NO2/c11-10(9(12)13)5-7-3-1-2-4-8(7)6-10/h1-6H,11H2,(H,12,13). The molecule has 0 atom stereocenters. The van der Waals surface area contributed by atoms with Gasteiger partial charge in [0, 0.05) is 0 Å². The van der Waals surface area contributed by atoms with Gasteiger partial charge in [-0.3, -0.25) is 0 Å². The first-order valence-electron chi connectivity index (χ1n) is 3.95. The molecular weight excluding hydrogens is 166 g/mol. The highest BCUT2D eigenvalue weighted by Gasteiger charge is 2.30. The SMILES string of the molecule is NC1(C(=O)O)C=c2ccccc2=C1. The minimum absolute atomic E-state index is 0.882. The maximum absolute atomic E-state index is 10.8. The Morgan fingerprint density at radius 2 is 1.69 bits per heavy atom. The third-order valence-corrected chi connectivity index (χ3v) is 2.16. The summed E-state index contributed by atoms with van der Waals surface area (Å²) in [6.45, 7) is 0. The second-order valence-electron chi connectivity index (χ2n) is 3.16. The zero-order valence-electron chi connectivity index (χ0n) is 6.90. The van der Waals surface area contributed by atoms with Crippen LogP contribution in [-0.4, -0.2) is 16.6 Å². The molecule has 3 nitrogen and oxygen atoms in total. The van der Waals surface area contributed by atoms with Crippen LogP contribution in [0.15, 0.2) is 24.3 Å². The molecule has 0 saturated carbocycles. The van der Waals surface area contributed by atoms with Gasteiger partial charge in [-0.05, 0) is 22.6 Å². The number of aliphatic carboxylic acids is 1. The summed E-state index contributed by atoms with van der Waals surface area (Å²) in [5, 5.41) is 10.6. The molecule has 0 saturated heterocycles. The Balaban J connectivity index is 2.70. The van der Waals surface area contributed by atoms with Gasteiger partial charge in [-0.25, -0.2) is 4.79 Å². The van der Waals surface area contributed by atoms with Crippen molar-refractivity contribution in [3.63, 3.8) is 0 Å². The Morgan fingerprint density at radius 3 is 2.08 bits per heavy atom. The minimum atomic E-state index is -1.33. The number of hydrogen-bond acceptors (Lipinski definition) is 2. The molecule has 1 aromatic carbocycles. The van der Waals surface area contributed by atoms with E-state index in [9.17, 15) is 4.79 Å². The average Bonchev–Trinajstić information content (AvgIpc) is 2.42. The van der Waals surface area contributed by atoms with Crippen molar-refractivity contribution in [3.05, 3.63) is 34.7 Å². The quantitative estimate of drug-likeness (QED) is 0.578. The maximum Gasteiger partial charge on any atom is 0.331 e. The van der Waals surface area contributed by atoms with E-state index in [-0.39, 0.29) is 0 Å². The van der Waals surface area contributed by atoms with E-state index < -0.39 is 11.5 Å². The van der Waals surface area contributed by atoms with Gasteiger partial charge in [0.15, 0.2) is 5.54 Å². The Morgan fingerprint density at radius 1 is 1.23 bits per heavy atom. The lowest BCUT2D eigenvalue weighted by Crippen LogP contribution is -2.42. The first kappa shape index (κ1) is 8.01. The molecule has 13 heavy (non-hydrogen) atoms. The number of fused-ring (bicyclic) bond motifs is 1. The van der Waals surface area contributed by atoms with Gasteiger partial charge in [0.2, 0.25) is 0 Å². The first-order valence-corrected chi connectivity index (χ1v) is 3.95. The van der Waals surface area contributed by atoms with Gasteiger partial charge in [-0.15, -0.1) is 0 Å². The van der Waals surface area contributed by atoms with Gasteiger partial charge in [0.1, 0.15) is 0 Å². The number of hydrogen-bond donors (Lipinski definition) is 2. The topological polar surface area (TPSA) is 63.3 Å². The molecule has 0 aromatic heterocycles. The number of nitrogens with two attached hydrogens (primary N) is 1. The van der Waals surface area contributed by atoms with Crippen molar-refractivity contribution in [1.29, 1.82) is 0 Å². The van der Waals surface area contributed by atoms with Crippen molar-refractivity contribution < 1.29 is 9.90 Å². The molecule has 66 valence electrons. The van der Waals surface area contributed by atoms with E-state index in [1.54, 1.807) is 12.2 Å². The monoisotopic (exact) mass is 175 g/mol. The Kier molecular flexibility index (Phi) is 1.50. The first-order chi connectivity index (χ1) is 6.12. The molecule has 0 radical (unpaired) electrons. The summed E-state index contributed by atoms with van der Waals surface area (Å²) >= 11 is 0. The van der Waals surface area contributed by atoms with E-state index in [0.717, 1.165) is 10.4 Å². The number of carboxylic acids is 1. The summed E-state index contributed by atoms with van der Waals surface area (Å²) in [7, 11) is 0. The van der Waals surface area contributed by atoms with Crippen LogP contribution in [0, 0.1) is 0 Å². The molecule has 0 aliphatic heterocycles. The third kappa shape index (κ3) is 1.13. The van der Waals surface area contributed by atoms with Crippen molar-refractivity contribution >= 4 is 18.1 Å². The smallest absolute Gasteiger partial charge is 0.331 e. The number of benzene rings is 1. The predicted octanol–water partition coefficient (Wildman–Crippen LogP) is -0.957. The van der Waals surface area contributed by atoms with E-state index in [2.05, 4.69) is 0 Å². The van der Waals surface area contributed by atoms with Gasteiger partial charge in [0.05, 0.1) is 0 Å². The average molecular weight is 175 g/mol. The molecule has 0 bridgehead atoms. The highest BCUT2D eigenvalue weighted by Crippen LogP contribution is 2.07. The summed E-state index contributed by atoms with van der Waals surface area (Å²) in [4.78, 5) is 10.8. The normalized spacial score (nSPS) is 17.0. The van der Waals surface area contributed by atoms with Crippen LogP contribution in [0.4, 0.5) is 0 Å². The number of carbonyl (C=O) groups is 1. The van der Waals surface area contributed by atoms with Crippen molar-refractivity contribution in [1.82, 2.24) is 0 Å². The van der Waals surface area contributed by atoms with Crippen LogP contribution < -0.4 is 16.2 Å². The molecule has 1 aromatic rings. The molecule has 1 aliphatic carbocycles. The fourth-order valence-electron chi connectivity index (χ4n) is 1.45. The van der Waals surface area contributed by atoms with Gasteiger partial charge in [-0.1, -0.05) is 24.3 Å². The fraction of sp³-hybridized carbons (Fsp3) is 0.100. The molecular formula is C10H9NO2. The van der Waals surface area contributed by atoms with Crippen molar-refractivity contribution in [2.45, 2.75) is 5.54 Å². The van der Waals surface area contributed by atoms with E-state index in [0.29, 0.717) is 0 Å². The number of rotatable bonds is 1. The van der Waals surface area contributed by atoms with Crippen LogP contribution in [0.2, 0.25) is 0 Å². The lowest BCUT2D eigenvalue weighted by molar-refractivity contribution is -0.138. The van der Waals surface area contributed by atoms with Gasteiger partial charge in [-0.2, -0.15) is 0 Å². The molecule has 2 rings (SSSR count). The number of carboxylic acid groups (broad SMARTS) is 1. The zero-order valence-corrected chi connectivity index (χ0v) is 6.90. The van der Waals surface area contributed by atoms with Crippen molar-refractivity contribution in [2.24, 2.45) is 5.73 Å². The molecule has 0 heterocycles. The Bertz CT molecular complexity index is 441. The molecule has 0 fully saturated rings. The van der Waals surface area contributed by atoms with Crippen LogP contribution in [0.3, 0.4) is 0 Å². The van der Waals surface area contributed by atoms with Crippen LogP contribution >= 0.6 is 0 Å². The molecule has 1 aliphatic rings. The molecule has 0 amide bonds. The zero-order chi connectivity index (χ0) is 9.47. The second-order valence-corrected chi connectivity index (χ2v) is 3.16. The van der Waals surface area contributed by atoms with Crippen molar-refractivity contribution in [3.8, 4) is 0 Å². The van der Waals surface area contributed by atoms with E-state index in [1.807, 2.05) is 24.3 Å². The summed E-state index contributed by atoms with van der Waals surface area (Å²) < 4.78 is 0. The summed E-state index contributed by atoms with van der Waals surface area (Å²) in [6.07, 6.45) is 3.12. The van der Waals surface area contributed by atoms with E-state index in [4.69, 9.17) is 10.8 Å². The van der Waals surface area contributed by atoms with Crippen LogP contribution in [0.1, 0.15) is 0 Å². The Labute approximate surface area is 74.8 Å². The lowest BCUT2D eigenvalue weighted by Gasteiger charge is -2.11. The van der Waals surface area contributed by atoms with Gasteiger partial charge >= 0.3 is 5.97 Å². The maximum atomic E-state index is 10.8. The lowest BCUT2D eigenvalue weighted by atomic mass is 10.0. The predicted molar refractivity (Wildman–Crippen MR) is 49.2 cm³/mol. The second kappa shape index (κ2) is 2.44. The van der Waals surface area contributed by atoms with Crippen LogP contribution in [-0.2, 0) is 4.79 Å². The van der Waals surface area contributed by atoms with E-state index in [1.165, 1.54) is 0 Å². The van der Waals surface area contributed by atoms with Gasteiger partial charge < -0.3 is 10.8 Å². The van der Waals surface area contributed by atoms with Crippen LogP contribution in [0.25, 0.3) is 12.2 Å². The molecule has 0 unspecified atom stereocenters. The highest BCUT2D eigenvalue weighted by atomic mass is 16.4. The molecule has 3 heteroatoms. The van der Waals surface area contributed by atoms with Crippen LogP contribution in [0.5, 0.6) is 0 Å². The summed E-state index contributed by atoms with van der Waals surface area (Å²) in [5.41, 5.74) is 4.31. The van der Waals surface area contributed by atoms with Crippen molar-refractivity contribution in [2.75, 3.05) is 0 Å². The molecule has 0 spiro atoms. The highest BCUT2D eigenvalue weighted by molar-refractivity contribution is 5.96. The largest absolute Gasteiger partial charge is 0.479 e. The summed E-state index contributed by atoms with van der Waals surface area (Å²) in [5.74, 6) is -1.02. The Hall–Kier alpha value is -1.61. The van der Waals surface area contributed by atoms with E-state index >= 15 is 0 Å². The third-order valence-electron chi connectivity index (χ3n) is 2.16. The van der Waals surface area contributed by atoms with Gasteiger partial charge in [0.25, 0.3) is 0 Å². The molecule has 3 N–H and O–H groups in total.